The van der Waals surface area contributed by atoms with Crippen LogP contribution in [0.3, 0.4) is 0 Å². The van der Waals surface area contributed by atoms with Crippen LogP contribution in [0, 0.1) is 0 Å². The molecule has 0 aliphatic heterocycles. The van der Waals surface area contributed by atoms with Crippen molar-refractivity contribution in [2.75, 3.05) is 85.5 Å². The van der Waals surface area contributed by atoms with Crippen LogP contribution in [0.5, 0.6) is 5.75 Å². The number of carbonyl (C=O) groups excluding carboxylic acids is 1. The number of nitrogens with zero attached hydrogens (tertiary/aromatic N) is 1. The Morgan fingerprint density at radius 3 is 1.89 bits per heavy atom. The molecule has 0 spiro atoms. The van der Waals surface area contributed by atoms with E-state index < -0.39 is 0 Å². The molecule has 0 aliphatic carbocycles. The summed E-state index contributed by atoms with van der Waals surface area (Å²) in [7, 11) is 3.52. The fraction of sp³-hybridized carbons (Fsp3) is 0.750. The van der Waals surface area contributed by atoms with Gasteiger partial charge in [-0.05, 0) is 38.7 Å². The monoisotopic (exact) mass is 536 g/mol. The van der Waals surface area contributed by atoms with Crippen molar-refractivity contribution < 1.29 is 36.0 Å². The minimum absolute atomic E-state index is 0.00449. The fourth-order valence-corrected chi connectivity index (χ4v) is 4.83. The van der Waals surface area contributed by atoms with Gasteiger partial charge in [0.1, 0.15) is 12.4 Å². The van der Waals surface area contributed by atoms with E-state index >= 15 is 0 Å². The molecule has 1 aromatic heterocycles. The van der Waals surface area contributed by atoms with Crippen molar-refractivity contribution in [2.45, 2.75) is 31.4 Å². The fourth-order valence-electron chi connectivity index (χ4n) is 2.59. The van der Waals surface area contributed by atoms with E-state index in [9.17, 15) is 4.79 Å². The minimum Gasteiger partial charge on any atom is -0.491 e. The number of carbonyl (C=O) groups is 1. The van der Waals surface area contributed by atoms with Crippen LogP contribution in [0.1, 0.15) is 29.4 Å². The van der Waals surface area contributed by atoms with Gasteiger partial charge in [-0.2, -0.15) is 0 Å². The van der Waals surface area contributed by atoms with Crippen LogP contribution in [0.4, 0.5) is 0 Å². The van der Waals surface area contributed by atoms with E-state index in [1.165, 1.54) is 12.1 Å². The summed E-state index contributed by atoms with van der Waals surface area (Å²) in [5.74, 6) is 0.499. The van der Waals surface area contributed by atoms with Crippen LogP contribution in [0.25, 0.3) is 0 Å². The smallest absolute Gasteiger partial charge is 0.220 e. The highest BCUT2D eigenvalue weighted by molar-refractivity contribution is 8.76. The molecular formula is C24H42N2O7S2. The van der Waals surface area contributed by atoms with E-state index in [1.807, 2.05) is 6.26 Å². The van der Waals surface area contributed by atoms with Crippen molar-refractivity contribution in [3.05, 3.63) is 24.5 Å². The molecule has 0 atom stereocenters. The topological polar surface area (TPSA) is 97.4 Å². The van der Waals surface area contributed by atoms with Crippen molar-refractivity contribution >= 4 is 27.5 Å². The number of ether oxygens (including phenoxy) is 6. The van der Waals surface area contributed by atoms with Crippen molar-refractivity contribution in [1.82, 2.24) is 10.3 Å². The van der Waals surface area contributed by atoms with Gasteiger partial charge in [-0.15, -0.1) is 0 Å². The molecule has 1 N–H and O–H groups in total. The molecule has 0 aromatic carbocycles. The Bertz CT molecular complexity index is 716. The largest absolute Gasteiger partial charge is 0.491 e. The lowest BCUT2D eigenvalue weighted by atomic mass is 10.1. The van der Waals surface area contributed by atoms with E-state index in [0.717, 1.165) is 6.42 Å². The van der Waals surface area contributed by atoms with Gasteiger partial charge in [0.15, 0.2) is 0 Å². The van der Waals surface area contributed by atoms with Gasteiger partial charge in [0, 0.05) is 30.1 Å². The van der Waals surface area contributed by atoms with E-state index in [1.54, 1.807) is 21.6 Å². The summed E-state index contributed by atoms with van der Waals surface area (Å²) < 4.78 is 47.6. The number of hydrogen-bond acceptors (Lipinski definition) is 10. The summed E-state index contributed by atoms with van der Waals surface area (Å²) in [6.45, 7) is 9.73. The predicted octanol–water partition coefficient (Wildman–Crippen LogP) is 3.23. The molecule has 0 bridgehead atoms. The highest BCUT2D eigenvalue weighted by atomic mass is 33.1. The summed E-state index contributed by atoms with van der Waals surface area (Å²) in [6, 6.07) is 2.92. The highest BCUT2D eigenvalue weighted by Crippen LogP contribution is 2.36. The molecule has 0 radical (unpaired) electrons. The Hall–Kier alpha value is -1.08. The van der Waals surface area contributed by atoms with Gasteiger partial charge in [-0.25, -0.2) is 0 Å². The summed E-state index contributed by atoms with van der Waals surface area (Å²) >= 11 is 0. The number of aromatic nitrogens is 1. The molecular weight excluding hydrogens is 492 g/mol. The standard InChI is InChI=1S/C24H42N2O7S2/c1-24(2,35-34-3)7-4-23(27)26-10-11-28-12-13-29-14-15-30-16-17-31-18-19-32-20-21-33-22-5-8-25-9-6-22/h5-6,8-9H,4,7,10-21H2,1-3H3,(H,26,27)/i8D,9D. The molecule has 0 fully saturated rings. The zero-order valence-corrected chi connectivity index (χ0v) is 22.8. The summed E-state index contributed by atoms with van der Waals surface area (Å²) in [6.07, 6.45) is 3.43. The van der Waals surface area contributed by atoms with Crippen LogP contribution in [0.15, 0.2) is 24.5 Å². The van der Waals surface area contributed by atoms with Crippen molar-refractivity contribution in [3.8, 4) is 5.75 Å². The number of pyridine rings is 1. The van der Waals surface area contributed by atoms with E-state index in [-0.39, 0.29) is 23.0 Å². The third-order valence-corrected chi connectivity index (χ3v) is 7.03. The summed E-state index contributed by atoms with van der Waals surface area (Å²) in [5.41, 5.74) is 0. The second-order valence-corrected chi connectivity index (χ2v) is 10.9. The number of amides is 1. The third-order valence-electron chi connectivity index (χ3n) is 4.36. The van der Waals surface area contributed by atoms with Gasteiger partial charge in [0.05, 0.1) is 68.8 Å². The maximum absolute atomic E-state index is 11.9. The molecule has 0 aliphatic rings. The SMILES string of the molecule is [2H]c1cc(OCCOCCOCCOCCOCCOCCNC(=O)CCC(C)(C)SSC)cc([2H])n1. The first kappa shape index (κ1) is 28.5. The van der Waals surface area contributed by atoms with Crippen molar-refractivity contribution in [2.24, 2.45) is 0 Å². The molecule has 11 heteroatoms. The lowest BCUT2D eigenvalue weighted by molar-refractivity contribution is -0.121. The second-order valence-electron chi connectivity index (χ2n) is 7.83. The molecule has 1 aromatic rings. The molecule has 0 saturated carbocycles. The molecule has 1 rings (SSSR count). The lowest BCUT2D eigenvalue weighted by Gasteiger charge is -2.21. The third kappa shape index (κ3) is 20.8. The van der Waals surface area contributed by atoms with Gasteiger partial charge in [-0.3, -0.25) is 9.78 Å². The number of hydrogen-bond donors (Lipinski definition) is 1. The van der Waals surface area contributed by atoms with Gasteiger partial charge < -0.3 is 33.7 Å². The van der Waals surface area contributed by atoms with Crippen molar-refractivity contribution in [3.63, 3.8) is 0 Å². The summed E-state index contributed by atoms with van der Waals surface area (Å²) in [5, 5.41) is 2.88. The number of rotatable bonds is 24. The van der Waals surface area contributed by atoms with Crippen LogP contribution < -0.4 is 10.1 Å². The maximum atomic E-state index is 11.9. The van der Waals surface area contributed by atoms with Crippen molar-refractivity contribution in [1.29, 1.82) is 0 Å². The minimum atomic E-state index is 0.00449. The molecule has 0 saturated heterocycles. The molecule has 0 unspecified atom stereocenters. The van der Waals surface area contributed by atoms with Crippen LogP contribution >= 0.6 is 21.6 Å². The first-order chi connectivity index (χ1) is 17.8. The van der Waals surface area contributed by atoms with E-state index in [4.69, 9.17) is 31.2 Å². The Kier molecular flexibility index (Phi) is 18.0. The highest BCUT2D eigenvalue weighted by Gasteiger charge is 2.19. The number of nitrogens with one attached hydrogen (secondary N) is 1. The molecule has 1 heterocycles. The zero-order chi connectivity index (χ0) is 27.2. The van der Waals surface area contributed by atoms with Gasteiger partial charge in [-0.1, -0.05) is 21.6 Å². The molecule has 202 valence electrons. The Labute approximate surface area is 220 Å². The Morgan fingerprint density at radius 1 is 0.886 bits per heavy atom. The predicted molar refractivity (Wildman–Crippen MR) is 141 cm³/mol. The maximum Gasteiger partial charge on any atom is 0.220 e. The van der Waals surface area contributed by atoms with Gasteiger partial charge >= 0.3 is 0 Å². The van der Waals surface area contributed by atoms with Crippen LogP contribution in [-0.2, 0) is 28.5 Å². The lowest BCUT2D eigenvalue weighted by Crippen LogP contribution is -2.29. The average molecular weight is 537 g/mol. The molecule has 9 nitrogen and oxygen atoms in total. The molecule has 1 amide bonds. The van der Waals surface area contributed by atoms with Gasteiger partial charge in [0.2, 0.25) is 5.91 Å². The normalized spacial score (nSPS) is 12.3. The quantitative estimate of drug-likeness (QED) is 0.157. The second kappa shape index (κ2) is 22.1. The first-order valence-corrected chi connectivity index (χ1v) is 14.3. The van der Waals surface area contributed by atoms with Gasteiger partial charge in [0.25, 0.3) is 0 Å². The summed E-state index contributed by atoms with van der Waals surface area (Å²) in [4.78, 5) is 15.5. The van der Waals surface area contributed by atoms with Crippen LogP contribution in [0.2, 0.25) is 0 Å². The van der Waals surface area contributed by atoms with Crippen LogP contribution in [-0.4, -0.2) is 101 Å². The first-order valence-electron chi connectivity index (χ1n) is 12.8. The molecule has 35 heavy (non-hydrogen) atoms. The van der Waals surface area contributed by atoms with E-state index in [2.05, 4.69) is 24.1 Å². The Morgan fingerprint density at radius 2 is 1.37 bits per heavy atom. The average Bonchev–Trinajstić information content (AvgIpc) is 2.83. The Balaban J connectivity index is 1.77. The zero-order valence-electron chi connectivity index (χ0n) is 23.2. The van der Waals surface area contributed by atoms with E-state index in [0.29, 0.717) is 91.4 Å².